The minimum absolute atomic E-state index is 0.0401. The summed E-state index contributed by atoms with van der Waals surface area (Å²) in [5.41, 5.74) is 11.7. The van der Waals surface area contributed by atoms with E-state index < -0.39 is 11.9 Å². The van der Waals surface area contributed by atoms with Crippen LogP contribution in [0, 0.1) is 25.2 Å². The Labute approximate surface area is 223 Å². The SMILES string of the molecule is Cc1c(OC[C@@H]2C[C@@H](CC(=O)O)C(=O)N2CCCc2ccccc2)ccc(-c2ccc(C(=N)N)cc2)c1C. The molecule has 0 radical (unpaired) electrons. The maximum absolute atomic E-state index is 13.1. The predicted molar refractivity (Wildman–Crippen MR) is 148 cm³/mol. The van der Waals surface area contributed by atoms with Crippen molar-refractivity contribution in [3.05, 3.63) is 89.0 Å². The van der Waals surface area contributed by atoms with Crippen molar-refractivity contribution >= 4 is 17.7 Å². The molecule has 0 spiro atoms. The van der Waals surface area contributed by atoms with Crippen LogP contribution in [0.25, 0.3) is 11.1 Å². The quantitative estimate of drug-likeness (QED) is 0.248. The maximum atomic E-state index is 13.1. The first-order valence-electron chi connectivity index (χ1n) is 13.0. The van der Waals surface area contributed by atoms with E-state index in [1.54, 1.807) is 0 Å². The molecule has 1 heterocycles. The van der Waals surface area contributed by atoms with E-state index in [1.807, 2.05) is 73.3 Å². The van der Waals surface area contributed by atoms with Crippen molar-refractivity contribution in [3.63, 3.8) is 0 Å². The predicted octanol–water partition coefficient (Wildman–Crippen LogP) is 4.96. The Balaban J connectivity index is 1.45. The number of amidine groups is 1. The van der Waals surface area contributed by atoms with Crippen LogP contribution in [0.1, 0.15) is 41.5 Å². The minimum atomic E-state index is -0.951. The molecule has 1 aliphatic rings. The molecule has 1 aliphatic heterocycles. The minimum Gasteiger partial charge on any atom is -0.491 e. The summed E-state index contributed by atoms with van der Waals surface area (Å²) in [6, 6.07) is 21.5. The molecule has 0 bridgehead atoms. The zero-order valence-electron chi connectivity index (χ0n) is 21.9. The summed E-state index contributed by atoms with van der Waals surface area (Å²) in [7, 11) is 0. The Hall–Kier alpha value is -4.13. The number of carboxylic acids is 1. The van der Waals surface area contributed by atoms with Crippen LogP contribution < -0.4 is 10.5 Å². The van der Waals surface area contributed by atoms with Crippen LogP contribution in [0.2, 0.25) is 0 Å². The molecule has 0 aromatic heterocycles. The van der Waals surface area contributed by atoms with Gasteiger partial charge in [-0.15, -0.1) is 0 Å². The summed E-state index contributed by atoms with van der Waals surface area (Å²) < 4.78 is 6.25. The summed E-state index contributed by atoms with van der Waals surface area (Å²) in [6.07, 6.45) is 1.99. The second-order valence-electron chi connectivity index (χ2n) is 9.97. The van der Waals surface area contributed by atoms with E-state index in [4.69, 9.17) is 15.9 Å². The third-order valence-electron chi connectivity index (χ3n) is 7.43. The van der Waals surface area contributed by atoms with E-state index in [-0.39, 0.29) is 24.2 Å². The summed E-state index contributed by atoms with van der Waals surface area (Å²) in [4.78, 5) is 26.3. The average Bonchev–Trinajstić information content (AvgIpc) is 3.19. The van der Waals surface area contributed by atoms with Crippen LogP contribution in [0.15, 0.2) is 66.7 Å². The molecular formula is C31H35N3O4. The van der Waals surface area contributed by atoms with Crippen molar-refractivity contribution in [1.82, 2.24) is 4.90 Å². The van der Waals surface area contributed by atoms with Gasteiger partial charge in [-0.3, -0.25) is 15.0 Å². The fourth-order valence-electron chi connectivity index (χ4n) is 5.18. The van der Waals surface area contributed by atoms with Gasteiger partial charge in [-0.05, 0) is 67.0 Å². The van der Waals surface area contributed by atoms with Crippen LogP contribution in [-0.4, -0.2) is 46.9 Å². The van der Waals surface area contributed by atoms with Crippen molar-refractivity contribution in [3.8, 4) is 16.9 Å². The monoisotopic (exact) mass is 513 g/mol. The number of nitrogens with zero attached hydrogens (tertiary/aromatic N) is 1. The molecule has 0 saturated carbocycles. The molecule has 1 fully saturated rings. The zero-order valence-corrected chi connectivity index (χ0v) is 21.9. The fourth-order valence-corrected chi connectivity index (χ4v) is 5.18. The standard InChI is InChI=1S/C31H35N3O4/c1-20-21(2)28(15-14-27(20)23-10-12-24(13-11-23)30(32)33)38-19-26-17-25(18-29(35)36)31(37)34(26)16-6-9-22-7-4-3-5-8-22/h3-5,7-8,10-15,25-26H,6,9,16-19H2,1-2H3,(H3,32,33)(H,35,36)/t25-,26-/m0/s1. The Kier molecular flexibility index (Phi) is 8.46. The van der Waals surface area contributed by atoms with Gasteiger partial charge in [0.1, 0.15) is 18.2 Å². The van der Waals surface area contributed by atoms with Crippen molar-refractivity contribution in [2.75, 3.05) is 13.2 Å². The van der Waals surface area contributed by atoms with Gasteiger partial charge in [0.05, 0.1) is 18.4 Å². The highest BCUT2D eigenvalue weighted by Gasteiger charge is 2.40. The molecule has 3 aromatic carbocycles. The molecule has 0 aliphatic carbocycles. The van der Waals surface area contributed by atoms with Gasteiger partial charge in [0.25, 0.3) is 0 Å². The van der Waals surface area contributed by atoms with Crippen molar-refractivity contribution in [2.24, 2.45) is 11.7 Å². The van der Waals surface area contributed by atoms with Crippen LogP contribution in [0.5, 0.6) is 5.75 Å². The number of carbonyl (C=O) groups is 2. The lowest BCUT2D eigenvalue weighted by atomic mass is 9.95. The number of amides is 1. The Morgan fingerprint density at radius 3 is 2.42 bits per heavy atom. The summed E-state index contributed by atoms with van der Waals surface area (Å²) >= 11 is 0. The largest absolute Gasteiger partial charge is 0.491 e. The van der Waals surface area contributed by atoms with Gasteiger partial charge < -0.3 is 20.5 Å². The van der Waals surface area contributed by atoms with E-state index in [0.29, 0.717) is 25.1 Å². The number of carbonyl (C=O) groups excluding carboxylic acids is 1. The lowest BCUT2D eigenvalue weighted by Gasteiger charge is -2.25. The van der Waals surface area contributed by atoms with Gasteiger partial charge in [-0.2, -0.15) is 0 Å². The number of hydrogen-bond donors (Lipinski definition) is 3. The lowest BCUT2D eigenvalue weighted by Crippen LogP contribution is -2.38. The van der Waals surface area contributed by atoms with Crippen LogP contribution >= 0.6 is 0 Å². The Morgan fingerprint density at radius 1 is 1.05 bits per heavy atom. The lowest BCUT2D eigenvalue weighted by molar-refractivity contribution is -0.142. The van der Waals surface area contributed by atoms with Crippen LogP contribution in [-0.2, 0) is 16.0 Å². The van der Waals surface area contributed by atoms with Gasteiger partial charge >= 0.3 is 5.97 Å². The number of nitrogens with one attached hydrogen (secondary N) is 1. The highest BCUT2D eigenvalue weighted by molar-refractivity contribution is 5.95. The third-order valence-corrected chi connectivity index (χ3v) is 7.43. The van der Waals surface area contributed by atoms with E-state index in [1.165, 1.54) is 5.56 Å². The van der Waals surface area contributed by atoms with Crippen LogP contribution in [0.4, 0.5) is 0 Å². The molecule has 3 aromatic rings. The molecular weight excluding hydrogens is 478 g/mol. The van der Waals surface area contributed by atoms with E-state index in [0.717, 1.165) is 40.8 Å². The van der Waals surface area contributed by atoms with Gasteiger partial charge in [-0.25, -0.2) is 0 Å². The number of hydrogen-bond acceptors (Lipinski definition) is 4. The smallest absolute Gasteiger partial charge is 0.304 e. The van der Waals surface area contributed by atoms with Gasteiger partial charge in [0.15, 0.2) is 0 Å². The highest BCUT2D eigenvalue weighted by Crippen LogP contribution is 2.33. The van der Waals surface area contributed by atoms with Gasteiger partial charge in [-0.1, -0.05) is 60.7 Å². The summed E-state index contributed by atoms with van der Waals surface area (Å²) in [6.45, 7) is 4.96. The summed E-state index contributed by atoms with van der Waals surface area (Å²) in [5.74, 6) is -0.761. The number of carboxylic acid groups (broad SMARTS) is 1. The summed E-state index contributed by atoms with van der Waals surface area (Å²) in [5, 5.41) is 16.9. The van der Waals surface area contributed by atoms with Crippen molar-refractivity contribution in [2.45, 2.75) is 45.6 Å². The number of aliphatic carboxylic acids is 1. The molecule has 7 heteroatoms. The number of rotatable bonds is 11. The molecule has 2 atom stereocenters. The molecule has 38 heavy (non-hydrogen) atoms. The molecule has 0 unspecified atom stereocenters. The Bertz CT molecular complexity index is 1300. The number of ether oxygens (including phenoxy) is 1. The van der Waals surface area contributed by atoms with E-state index in [2.05, 4.69) is 12.1 Å². The fraction of sp³-hybridized carbons (Fsp3) is 0.323. The number of likely N-dealkylation sites (tertiary alicyclic amines) is 1. The molecule has 4 rings (SSSR count). The molecule has 1 saturated heterocycles. The molecule has 1 amide bonds. The molecule has 7 nitrogen and oxygen atoms in total. The normalized spacial score (nSPS) is 17.0. The Morgan fingerprint density at radius 2 is 1.76 bits per heavy atom. The van der Waals surface area contributed by atoms with Crippen molar-refractivity contribution < 1.29 is 19.4 Å². The third kappa shape index (κ3) is 6.22. The maximum Gasteiger partial charge on any atom is 0.304 e. The zero-order chi connectivity index (χ0) is 27.2. The second kappa shape index (κ2) is 11.9. The average molecular weight is 514 g/mol. The van der Waals surface area contributed by atoms with Gasteiger partial charge in [0, 0.05) is 12.1 Å². The topological polar surface area (TPSA) is 117 Å². The molecule has 4 N–H and O–H groups in total. The van der Waals surface area contributed by atoms with E-state index in [9.17, 15) is 14.7 Å². The molecule has 198 valence electrons. The van der Waals surface area contributed by atoms with Crippen molar-refractivity contribution in [1.29, 1.82) is 5.41 Å². The van der Waals surface area contributed by atoms with Gasteiger partial charge in [0.2, 0.25) is 5.91 Å². The highest BCUT2D eigenvalue weighted by atomic mass is 16.5. The first-order valence-corrected chi connectivity index (χ1v) is 13.0. The number of aryl methyl sites for hydroxylation is 1. The number of benzene rings is 3. The first-order chi connectivity index (χ1) is 18.2. The number of nitrogen functional groups attached to an aromatic ring is 1. The van der Waals surface area contributed by atoms with Crippen LogP contribution in [0.3, 0.4) is 0 Å². The second-order valence-corrected chi connectivity index (χ2v) is 9.97. The number of nitrogens with two attached hydrogens (primary N) is 1. The van der Waals surface area contributed by atoms with E-state index >= 15 is 0 Å². The first kappa shape index (κ1) is 26.9.